The number of benzene rings is 1. The van der Waals surface area contributed by atoms with Crippen molar-refractivity contribution in [1.29, 1.82) is 0 Å². The molecule has 1 rings (SSSR count). The van der Waals surface area contributed by atoms with E-state index in [2.05, 4.69) is 19.2 Å². The Morgan fingerprint density at radius 1 is 1.22 bits per heavy atom. The van der Waals surface area contributed by atoms with Crippen molar-refractivity contribution in [3.05, 3.63) is 35.4 Å². The summed E-state index contributed by atoms with van der Waals surface area (Å²) < 4.78 is 31.5. The first kappa shape index (κ1) is 15.1. The molecule has 0 spiro atoms. The first-order valence-corrected chi connectivity index (χ1v) is 6.32. The molecule has 0 amide bonds. The minimum atomic E-state index is -0.412. The van der Waals surface area contributed by atoms with E-state index in [0.717, 1.165) is 25.2 Å². The normalized spacial score (nSPS) is 11.2. The van der Waals surface area contributed by atoms with E-state index in [1.54, 1.807) is 0 Å². The molecule has 0 saturated carbocycles. The molecule has 2 nitrogen and oxygen atoms in total. The van der Waals surface area contributed by atoms with Gasteiger partial charge in [0.1, 0.15) is 11.6 Å². The minimum absolute atomic E-state index is 0.366. The summed E-state index contributed by atoms with van der Waals surface area (Å²) in [5.41, 5.74) is 0.366. The average Bonchev–Trinajstić information content (AvgIpc) is 2.32. The molecule has 0 aromatic heterocycles. The van der Waals surface area contributed by atoms with Gasteiger partial charge in [0.15, 0.2) is 0 Å². The van der Waals surface area contributed by atoms with Crippen molar-refractivity contribution in [2.75, 3.05) is 26.3 Å². The van der Waals surface area contributed by atoms with Crippen molar-refractivity contribution in [1.82, 2.24) is 5.32 Å². The van der Waals surface area contributed by atoms with Gasteiger partial charge in [0, 0.05) is 6.54 Å². The zero-order valence-electron chi connectivity index (χ0n) is 11.0. The van der Waals surface area contributed by atoms with Gasteiger partial charge in [-0.15, -0.1) is 0 Å². The van der Waals surface area contributed by atoms with Gasteiger partial charge >= 0.3 is 0 Å². The zero-order valence-corrected chi connectivity index (χ0v) is 11.0. The van der Waals surface area contributed by atoms with Crippen LogP contribution in [0.15, 0.2) is 18.2 Å². The smallest absolute Gasteiger partial charge is 0.126 e. The topological polar surface area (TPSA) is 21.3 Å². The third kappa shape index (κ3) is 6.07. The molecule has 0 unspecified atom stereocenters. The highest BCUT2D eigenvalue weighted by molar-refractivity contribution is 5.18. The maximum absolute atomic E-state index is 13.3. The number of rotatable bonds is 8. The van der Waals surface area contributed by atoms with Gasteiger partial charge < -0.3 is 10.1 Å². The first-order chi connectivity index (χ1) is 8.59. The predicted molar refractivity (Wildman–Crippen MR) is 68.6 cm³/mol. The summed E-state index contributed by atoms with van der Waals surface area (Å²) in [5.74, 6) is -0.172. The molecule has 1 aromatic carbocycles. The molecule has 0 saturated heterocycles. The fourth-order valence-corrected chi connectivity index (χ4v) is 1.55. The molecule has 1 N–H and O–H groups in total. The van der Waals surface area contributed by atoms with E-state index in [1.165, 1.54) is 6.07 Å². The molecule has 0 heterocycles. The second kappa shape index (κ2) is 8.16. The van der Waals surface area contributed by atoms with Crippen LogP contribution in [0.25, 0.3) is 0 Å². The van der Waals surface area contributed by atoms with Crippen molar-refractivity contribution in [2.45, 2.75) is 20.3 Å². The predicted octanol–water partition coefficient (Wildman–Crippen LogP) is 2.77. The molecule has 18 heavy (non-hydrogen) atoms. The lowest BCUT2D eigenvalue weighted by atomic mass is 10.1. The Bertz CT molecular complexity index is 356. The number of hydrogen-bond donors (Lipinski definition) is 1. The van der Waals surface area contributed by atoms with Crippen molar-refractivity contribution in [3.8, 4) is 0 Å². The third-order valence-corrected chi connectivity index (χ3v) is 2.50. The third-order valence-electron chi connectivity index (χ3n) is 2.50. The Labute approximate surface area is 107 Å². The van der Waals surface area contributed by atoms with E-state index in [9.17, 15) is 8.78 Å². The Morgan fingerprint density at radius 3 is 2.72 bits per heavy atom. The maximum Gasteiger partial charge on any atom is 0.126 e. The van der Waals surface area contributed by atoms with Gasteiger partial charge in [-0.25, -0.2) is 8.78 Å². The number of ether oxygens (including phenoxy) is 1. The van der Waals surface area contributed by atoms with Gasteiger partial charge in [-0.3, -0.25) is 0 Å². The summed E-state index contributed by atoms with van der Waals surface area (Å²) in [6.45, 7) is 7.01. The average molecular weight is 257 g/mol. The summed E-state index contributed by atoms with van der Waals surface area (Å²) in [6, 6.07) is 3.49. The first-order valence-electron chi connectivity index (χ1n) is 6.32. The molecule has 0 aliphatic carbocycles. The lowest BCUT2D eigenvalue weighted by Gasteiger charge is -2.08. The molecule has 0 fully saturated rings. The summed E-state index contributed by atoms with van der Waals surface area (Å²) >= 11 is 0. The quantitative estimate of drug-likeness (QED) is 0.723. The Hall–Kier alpha value is -1.00. The molecule has 0 bridgehead atoms. The van der Waals surface area contributed by atoms with Crippen LogP contribution in [0.4, 0.5) is 8.78 Å². The molecular weight excluding hydrogens is 236 g/mol. The summed E-state index contributed by atoms with van der Waals surface area (Å²) in [6.07, 6.45) is 0.397. The fraction of sp³-hybridized carbons (Fsp3) is 0.571. The second-order valence-electron chi connectivity index (χ2n) is 4.70. The van der Waals surface area contributed by atoms with Crippen LogP contribution < -0.4 is 5.32 Å². The fourth-order valence-electron chi connectivity index (χ4n) is 1.55. The highest BCUT2D eigenvalue weighted by Crippen LogP contribution is 2.10. The Kier molecular flexibility index (Phi) is 6.83. The highest BCUT2D eigenvalue weighted by Gasteiger charge is 2.03. The minimum Gasteiger partial charge on any atom is -0.380 e. The van der Waals surface area contributed by atoms with E-state index < -0.39 is 5.82 Å². The van der Waals surface area contributed by atoms with Gasteiger partial charge in [0.2, 0.25) is 0 Å². The number of nitrogens with one attached hydrogen (secondary N) is 1. The summed E-state index contributed by atoms with van der Waals surface area (Å²) in [4.78, 5) is 0. The van der Waals surface area contributed by atoms with Crippen molar-refractivity contribution in [2.24, 2.45) is 5.92 Å². The van der Waals surface area contributed by atoms with E-state index in [1.807, 2.05) is 0 Å². The van der Waals surface area contributed by atoms with Crippen LogP contribution in [-0.4, -0.2) is 26.3 Å². The van der Waals surface area contributed by atoms with E-state index in [4.69, 9.17) is 4.74 Å². The molecule has 102 valence electrons. The van der Waals surface area contributed by atoms with Crippen LogP contribution in [0.5, 0.6) is 0 Å². The van der Waals surface area contributed by atoms with Crippen LogP contribution in [-0.2, 0) is 11.2 Å². The van der Waals surface area contributed by atoms with Crippen LogP contribution in [0.3, 0.4) is 0 Å². The lowest BCUT2D eigenvalue weighted by Crippen LogP contribution is -2.24. The summed E-state index contributed by atoms with van der Waals surface area (Å²) in [7, 11) is 0. The standard InChI is InChI=1S/C14H21F2NO/c1-11(2)10-17-6-8-18-7-5-12-9-13(15)3-4-14(12)16/h3-4,9,11,17H,5-8,10H2,1-2H3. The van der Waals surface area contributed by atoms with Gasteiger partial charge in [0.05, 0.1) is 13.2 Å². The lowest BCUT2D eigenvalue weighted by molar-refractivity contribution is 0.138. The van der Waals surface area contributed by atoms with Crippen molar-refractivity contribution in [3.63, 3.8) is 0 Å². The molecule has 1 aromatic rings. The molecule has 0 aliphatic heterocycles. The number of halogens is 2. The molecule has 0 radical (unpaired) electrons. The van der Waals surface area contributed by atoms with E-state index >= 15 is 0 Å². The van der Waals surface area contributed by atoms with Gasteiger partial charge in [-0.1, -0.05) is 13.8 Å². The summed E-state index contributed by atoms with van der Waals surface area (Å²) in [5, 5.41) is 3.24. The van der Waals surface area contributed by atoms with Gasteiger partial charge in [0.25, 0.3) is 0 Å². The second-order valence-corrected chi connectivity index (χ2v) is 4.70. The zero-order chi connectivity index (χ0) is 13.4. The molecular formula is C14H21F2NO. The number of hydrogen-bond acceptors (Lipinski definition) is 2. The van der Waals surface area contributed by atoms with Crippen LogP contribution in [0.1, 0.15) is 19.4 Å². The Balaban J connectivity index is 2.12. The maximum atomic E-state index is 13.3. The molecule has 4 heteroatoms. The van der Waals surface area contributed by atoms with Crippen LogP contribution in [0, 0.1) is 17.6 Å². The van der Waals surface area contributed by atoms with Crippen LogP contribution >= 0.6 is 0 Å². The van der Waals surface area contributed by atoms with Gasteiger partial charge in [-0.2, -0.15) is 0 Å². The van der Waals surface area contributed by atoms with Gasteiger partial charge in [-0.05, 0) is 42.6 Å². The van der Waals surface area contributed by atoms with Crippen molar-refractivity contribution >= 4 is 0 Å². The molecule has 0 aliphatic rings. The molecule has 0 atom stereocenters. The van der Waals surface area contributed by atoms with Crippen LogP contribution in [0.2, 0.25) is 0 Å². The van der Waals surface area contributed by atoms with E-state index in [-0.39, 0.29) is 5.82 Å². The monoisotopic (exact) mass is 257 g/mol. The highest BCUT2D eigenvalue weighted by atomic mass is 19.1. The van der Waals surface area contributed by atoms with Crippen molar-refractivity contribution < 1.29 is 13.5 Å². The SMILES string of the molecule is CC(C)CNCCOCCc1cc(F)ccc1F. The Morgan fingerprint density at radius 2 is 2.00 bits per heavy atom. The van der Waals surface area contributed by atoms with E-state index in [0.29, 0.717) is 31.1 Å². The largest absolute Gasteiger partial charge is 0.380 e.